The highest BCUT2D eigenvalue weighted by Crippen LogP contribution is 2.27. The Morgan fingerprint density at radius 1 is 1.14 bits per heavy atom. The molecule has 3 aromatic rings. The number of nitrogens with zero attached hydrogens (tertiary/aromatic N) is 2. The summed E-state index contributed by atoms with van der Waals surface area (Å²) in [4.78, 5) is 12.9. The van der Waals surface area contributed by atoms with Crippen molar-refractivity contribution in [1.29, 1.82) is 0 Å². The van der Waals surface area contributed by atoms with Crippen LogP contribution in [0.25, 0.3) is 0 Å². The predicted molar refractivity (Wildman–Crippen MR) is 117 cm³/mol. The third-order valence-corrected chi connectivity index (χ3v) is 5.02. The van der Waals surface area contributed by atoms with Gasteiger partial charge in [-0.25, -0.2) is 4.68 Å². The van der Waals surface area contributed by atoms with Gasteiger partial charge in [0.2, 0.25) is 0 Å². The first-order chi connectivity index (χ1) is 14.0. The Labute approximate surface area is 176 Å². The second-order valence-corrected chi connectivity index (χ2v) is 7.40. The van der Waals surface area contributed by atoms with Crippen LogP contribution in [-0.4, -0.2) is 22.3 Å². The summed E-state index contributed by atoms with van der Waals surface area (Å²) < 4.78 is 7.45. The maximum atomic E-state index is 12.9. The second-order valence-electron chi connectivity index (χ2n) is 7.05. The van der Waals surface area contributed by atoms with E-state index < -0.39 is 0 Å². The van der Waals surface area contributed by atoms with E-state index in [-0.39, 0.29) is 5.91 Å². The number of nitrogens with one attached hydrogen (secondary N) is 1. The van der Waals surface area contributed by atoms with Crippen molar-refractivity contribution >= 4 is 23.2 Å². The average Bonchev–Trinajstić information content (AvgIpc) is 2.98. The number of hydrogen-bond donors (Lipinski definition) is 1. The molecule has 0 unspecified atom stereocenters. The monoisotopic (exact) mass is 411 g/mol. The van der Waals surface area contributed by atoms with Gasteiger partial charge < -0.3 is 10.1 Å². The molecule has 0 aliphatic heterocycles. The SMILES string of the molecule is CCCCOc1ccccc1NC(=O)c1c(C)nn(Cc2ccc(C)cc2)c1Cl. The van der Waals surface area contributed by atoms with Crippen molar-refractivity contribution in [3.8, 4) is 5.75 Å². The molecule has 2 aromatic carbocycles. The van der Waals surface area contributed by atoms with Gasteiger partial charge in [0.15, 0.2) is 0 Å². The van der Waals surface area contributed by atoms with Crippen molar-refractivity contribution in [1.82, 2.24) is 9.78 Å². The molecule has 152 valence electrons. The second kappa shape index (κ2) is 9.61. The lowest BCUT2D eigenvalue weighted by atomic mass is 10.1. The number of halogens is 1. The molecule has 3 rings (SSSR count). The lowest BCUT2D eigenvalue weighted by Crippen LogP contribution is -2.14. The summed E-state index contributed by atoms with van der Waals surface area (Å²) in [5, 5.41) is 7.71. The molecule has 29 heavy (non-hydrogen) atoms. The van der Waals surface area contributed by atoms with Crippen molar-refractivity contribution in [3.63, 3.8) is 0 Å². The quantitative estimate of drug-likeness (QED) is 0.488. The molecule has 1 aromatic heterocycles. The van der Waals surface area contributed by atoms with Gasteiger partial charge in [0.1, 0.15) is 10.9 Å². The van der Waals surface area contributed by atoms with Crippen molar-refractivity contribution in [2.45, 2.75) is 40.2 Å². The summed E-state index contributed by atoms with van der Waals surface area (Å²) in [7, 11) is 0. The lowest BCUT2D eigenvalue weighted by Gasteiger charge is -2.12. The molecule has 0 fully saturated rings. The fourth-order valence-electron chi connectivity index (χ4n) is 2.99. The number of carbonyl (C=O) groups excluding carboxylic acids is 1. The van der Waals surface area contributed by atoms with Crippen molar-refractivity contribution in [2.24, 2.45) is 0 Å². The molecule has 0 radical (unpaired) electrons. The average molecular weight is 412 g/mol. The topological polar surface area (TPSA) is 56.1 Å². The minimum absolute atomic E-state index is 0.297. The van der Waals surface area contributed by atoms with Crippen LogP contribution in [0.1, 0.15) is 46.9 Å². The van der Waals surface area contributed by atoms with Gasteiger partial charge in [0, 0.05) is 0 Å². The largest absolute Gasteiger partial charge is 0.491 e. The maximum Gasteiger partial charge on any atom is 0.260 e. The van der Waals surface area contributed by atoms with Crippen LogP contribution >= 0.6 is 11.6 Å². The van der Waals surface area contributed by atoms with Crippen LogP contribution in [0, 0.1) is 13.8 Å². The fourth-order valence-corrected chi connectivity index (χ4v) is 3.31. The number of rotatable bonds is 8. The van der Waals surface area contributed by atoms with Crippen LogP contribution in [-0.2, 0) is 6.54 Å². The number of aromatic nitrogens is 2. The zero-order chi connectivity index (χ0) is 20.8. The van der Waals surface area contributed by atoms with E-state index in [4.69, 9.17) is 16.3 Å². The van der Waals surface area contributed by atoms with E-state index in [1.165, 1.54) is 5.56 Å². The molecular formula is C23H26ClN3O2. The Hall–Kier alpha value is -2.79. The Balaban J connectivity index is 1.78. The summed E-state index contributed by atoms with van der Waals surface area (Å²) in [6.07, 6.45) is 2.00. The zero-order valence-corrected chi connectivity index (χ0v) is 17.8. The Morgan fingerprint density at radius 3 is 2.59 bits per heavy atom. The predicted octanol–water partition coefficient (Wildman–Crippen LogP) is 5.63. The zero-order valence-electron chi connectivity index (χ0n) is 17.0. The standard InChI is InChI=1S/C23H26ClN3O2/c1-4-5-14-29-20-9-7-6-8-19(20)25-23(28)21-17(3)26-27(22(21)24)15-18-12-10-16(2)11-13-18/h6-13H,4-5,14-15H2,1-3H3,(H,25,28). The van der Waals surface area contributed by atoms with Gasteiger partial charge in [-0.15, -0.1) is 0 Å². The van der Waals surface area contributed by atoms with Crippen LogP contribution < -0.4 is 10.1 Å². The molecule has 0 bridgehead atoms. The molecule has 1 N–H and O–H groups in total. The highest BCUT2D eigenvalue weighted by Gasteiger charge is 2.21. The van der Waals surface area contributed by atoms with E-state index in [0.29, 0.717) is 41.0 Å². The van der Waals surface area contributed by atoms with Crippen molar-refractivity contribution in [3.05, 3.63) is 76.1 Å². The van der Waals surface area contributed by atoms with Gasteiger partial charge in [-0.05, 0) is 38.0 Å². The van der Waals surface area contributed by atoms with Gasteiger partial charge in [0.25, 0.3) is 5.91 Å². The van der Waals surface area contributed by atoms with Crippen molar-refractivity contribution in [2.75, 3.05) is 11.9 Å². The molecule has 0 atom stereocenters. The maximum absolute atomic E-state index is 12.9. The number of carbonyl (C=O) groups is 1. The van der Waals surface area contributed by atoms with Gasteiger partial charge in [-0.3, -0.25) is 4.79 Å². The van der Waals surface area contributed by atoms with Crippen LogP contribution in [0.15, 0.2) is 48.5 Å². The Bertz CT molecular complexity index is 980. The van der Waals surface area contributed by atoms with E-state index >= 15 is 0 Å². The number of ether oxygens (including phenoxy) is 1. The summed E-state index contributed by atoms with van der Waals surface area (Å²) in [6.45, 7) is 7.05. The van der Waals surface area contributed by atoms with E-state index in [0.717, 1.165) is 18.4 Å². The summed E-state index contributed by atoms with van der Waals surface area (Å²) in [6, 6.07) is 15.6. The number of unbranched alkanes of at least 4 members (excludes halogenated alkanes) is 1. The summed E-state index contributed by atoms with van der Waals surface area (Å²) >= 11 is 6.52. The molecule has 0 saturated carbocycles. The molecule has 1 amide bonds. The first-order valence-corrected chi connectivity index (χ1v) is 10.2. The van der Waals surface area contributed by atoms with Crippen LogP contribution in [0.4, 0.5) is 5.69 Å². The molecule has 0 aliphatic rings. The van der Waals surface area contributed by atoms with E-state index in [2.05, 4.69) is 17.3 Å². The highest BCUT2D eigenvalue weighted by molar-refractivity contribution is 6.33. The number of amides is 1. The van der Waals surface area contributed by atoms with Crippen LogP contribution in [0.3, 0.4) is 0 Å². The van der Waals surface area contributed by atoms with E-state index in [9.17, 15) is 4.79 Å². The minimum atomic E-state index is -0.297. The summed E-state index contributed by atoms with van der Waals surface area (Å²) in [5.41, 5.74) is 3.85. The molecule has 1 heterocycles. The smallest absolute Gasteiger partial charge is 0.260 e. The highest BCUT2D eigenvalue weighted by atomic mass is 35.5. The first-order valence-electron chi connectivity index (χ1n) is 9.81. The molecule has 0 spiro atoms. The number of aryl methyl sites for hydroxylation is 2. The first kappa shape index (κ1) is 20.9. The number of para-hydroxylation sites is 2. The molecule has 5 nitrogen and oxygen atoms in total. The van der Waals surface area contributed by atoms with E-state index in [1.54, 1.807) is 11.6 Å². The van der Waals surface area contributed by atoms with Crippen molar-refractivity contribution < 1.29 is 9.53 Å². The van der Waals surface area contributed by atoms with Gasteiger partial charge in [-0.1, -0.05) is 66.9 Å². The Morgan fingerprint density at radius 2 is 1.86 bits per heavy atom. The molecule has 6 heteroatoms. The molecule has 0 saturated heterocycles. The third-order valence-electron chi connectivity index (χ3n) is 4.64. The third kappa shape index (κ3) is 5.18. The number of benzene rings is 2. The molecule has 0 aliphatic carbocycles. The Kier molecular flexibility index (Phi) is 6.94. The summed E-state index contributed by atoms with van der Waals surface area (Å²) in [5.74, 6) is 0.351. The molecular weight excluding hydrogens is 386 g/mol. The minimum Gasteiger partial charge on any atom is -0.491 e. The number of hydrogen-bond acceptors (Lipinski definition) is 3. The number of anilines is 1. The van der Waals surface area contributed by atoms with Gasteiger partial charge >= 0.3 is 0 Å². The van der Waals surface area contributed by atoms with Gasteiger partial charge in [0.05, 0.1) is 30.1 Å². The van der Waals surface area contributed by atoms with Gasteiger partial charge in [-0.2, -0.15) is 5.10 Å². The van der Waals surface area contributed by atoms with Crippen LogP contribution in [0.2, 0.25) is 5.15 Å². The lowest BCUT2D eigenvalue weighted by molar-refractivity contribution is 0.102. The normalized spacial score (nSPS) is 10.8. The van der Waals surface area contributed by atoms with E-state index in [1.807, 2.05) is 55.5 Å². The fraction of sp³-hybridized carbons (Fsp3) is 0.304. The van der Waals surface area contributed by atoms with Crippen LogP contribution in [0.5, 0.6) is 5.75 Å².